The van der Waals surface area contributed by atoms with Crippen LogP contribution in [0.25, 0.3) is 0 Å². The van der Waals surface area contributed by atoms with Crippen molar-refractivity contribution in [2.75, 3.05) is 26.4 Å². The summed E-state index contributed by atoms with van der Waals surface area (Å²) in [6.07, 6.45) is -22.4. The largest absolute Gasteiger partial charge is 0.394 e. The molecule has 3 saturated heterocycles. The van der Waals surface area contributed by atoms with Crippen molar-refractivity contribution in [3.63, 3.8) is 0 Å². The Labute approximate surface area is 192 Å². The molecule has 0 aliphatic carbocycles. The van der Waals surface area contributed by atoms with Crippen molar-refractivity contribution in [3.8, 4) is 0 Å². The number of hydrogen-bond donors (Lipinski definition) is 11. The van der Waals surface area contributed by atoms with Crippen LogP contribution in [0.2, 0.25) is 0 Å². The standard InChI is InChI=1S/C18H32O16/c19-1-6-10(24)14(13(27)16(29)32-6)34-17-12(26)11(25)9(23)7(33-17)3-31-18(4-20)15(28)8(22)5(21)2-30-18/h5-17,19-29H,1-4H2/t5-,6-,7-,8-,9-,10-,11+,12-,13-,14+,15+,16-,17+,18+/m1/s1. The van der Waals surface area contributed by atoms with Crippen molar-refractivity contribution in [1.82, 2.24) is 0 Å². The predicted octanol–water partition coefficient (Wildman–Crippen LogP) is -7.57. The molecular formula is C18H32O16. The molecule has 3 heterocycles. The van der Waals surface area contributed by atoms with Crippen molar-refractivity contribution in [2.45, 2.75) is 85.5 Å². The van der Waals surface area contributed by atoms with Crippen LogP contribution in [-0.4, -0.2) is 168 Å². The van der Waals surface area contributed by atoms with Crippen LogP contribution in [0.4, 0.5) is 0 Å². The molecule has 0 bridgehead atoms. The van der Waals surface area contributed by atoms with Crippen LogP contribution < -0.4 is 0 Å². The number of aliphatic hydroxyl groups excluding tert-OH is 11. The molecule has 3 aliphatic heterocycles. The van der Waals surface area contributed by atoms with Gasteiger partial charge in [0.1, 0.15) is 73.8 Å². The van der Waals surface area contributed by atoms with Crippen LogP contribution in [0, 0.1) is 0 Å². The Hall–Kier alpha value is -0.640. The molecule has 0 saturated carbocycles. The van der Waals surface area contributed by atoms with E-state index < -0.39 is 112 Å². The van der Waals surface area contributed by atoms with Crippen LogP contribution in [-0.2, 0) is 23.7 Å². The van der Waals surface area contributed by atoms with Crippen LogP contribution >= 0.6 is 0 Å². The van der Waals surface area contributed by atoms with Crippen LogP contribution in [0.1, 0.15) is 0 Å². The Morgan fingerprint density at radius 1 is 0.735 bits per heavy atom. The van der Waals surface area contributed by atoms with Gasteiger partial charge in [-0.3, -0.25) is 0 Å². The molecule has 34 heavy (non-hydrogen) atoms. The Kier molecular flexibility index (Phi) is 9.18. The fourth-order valence-electron chi connectivity index (χ4n) is 3.97. The van der Waals surface area contributed by atoms with Gasteiger partial charge in [-0.15, -0.1) is 0 Å². The molecule has 0 spiro atoms. The highest BCUT2D eigenvalue weighted by Gasteiger charge is 2.53. The maximum atomic E-state index is 10.3. The molecule has 0 amide bonds. The maximum Gasteiger partial charge on any atom is 0.221 e. The van der Waals surface area contributed by atoms with Gasteiger partial charge in [-0.05, 0) is 0 Å². The lowest BCUT2D eigenvalue weighted by Crippen LogP contribution is -2.66. The fraction of sp³-hybridized carbons (Fsp3) is 1.00. The first-order valence-electron chi connectivity index (χ1n) is 10.6. The van der Waals surface area contributed by atoms with Gasteiger partial charge in [0.25, 0.3) is 0 Å². The maximum absolute atomic E-state index is 10.3. The third-order valence-electron chi connectivity index (χ3n) is 6.18. The number of rotatable bonds is 7. The van der Waals surface area contributed by atoms with Crippen molar-refractivity contribution < 1.29 is 79.9 Å². The summed E-state index contributed by atoms with van der Waals surface area (Å²) in [6, 6.07) is 0. The van der Waals surface area contributed by atoms with Gasteiger partial charge in [0, 0.05) is 0 Å². The van der Waals surface area contributed by atoms with E-state index in [0.29, 0.717) is 0 Å². The van der Waals surface area contributed by atoms with Gasteiger partial charge in [-0.2, -0.15) is 0 Å². The minimum absolute atomic E-state index is 0.506. The van der Waals surface area contributed by atoms with Gasteiger partial charge >= 0.3 is 0 Å². The second kappa shape index (κ2) is 11.2. The van der Waals surface area contributed by atoms with Gasteiger partial charge in [0.2, 0.25) is 5.79 Å². The summed E-state index contributed by atoms with van der Waals surface area (Å²) < 4.78 is 26.1. The Balaban J connectivity index is 1.71. The van der Waals surface area contributed by atoms with E-state index in [9.17, 15) is 56.2 Å². The summed E-state index contributed by atoms with van der Waals surface area (Å²) in [5.74, 6) is -2.22. The second-order valence-corrected chi connectivity index (χ2v) is 8.44. The first kappa shape index (κ1) is 27.9. The van der Waals surface area contributed by atoms with E-state index in [0.717, 1.165) is 0 Å². The molecule has 0 unspecified atom stereocenters. The molecule has 0 aromatic heterocycles. The van der Waals surface area contributed by atoms with E-state index in [1.165, 1.54) is 0 Å². The fourth-order valence-corrected chi connectivity index (χ4v) is 3.97. The van der Waals surface area contributed by atoms with Crippen molar-refractivity contribution >= 4 is 0 Å². The summed E-state index contributed by atoms with van der Waals surface area (Å²) in [7, 11) is 0. The lowest BCUT2D eigenvalue weighted by Gasteiger charge is -2.47. The van der Waals surface area contributed by atoms with E-state index >= 15 is 0 Å². The van der Waals surface area contributed by atoms with E-state index in [2.05, 4.69) is 0 Å². The van der Waals surface area contributed by atoms with E-state index in [1.807, 2.05) is 0 Å². The highest BCUT2D eigenvalue weighted by molar-refractivity contribution is 4.96. The lowest BCUT2D eigenvalue weighted by atomic mass is 9.96. The minimum Gasteiger partial charge on any atom is -0.394 e. The quantitative estimate of drug-likeness (QED) is 0.154. The summed E-state index contributed by atoms with van der Waals surface area (Å²) >= 11 is 0. The molecule has 16 heteroatoms. The molecule has 3 rings (SSSR count). The highest BCUT2D eigenvalue weighted by atomic mass is 16.8. The number of ether oxygens (including phenoxy) is 5. The number of hydrogen-bond acceptors (Lipinski definition) is 16. The van der Waals surface area contributed by atoms with Gasteiger partial charge < -0.3 is 79.9 Å². The molecule has 200 valence electrons. The van der Waals surface area contributed by atoms with E-state index in [-0.39, 0.29) is 0 Å². The molecule has 14 atom stereocenters. The van der Waals surface area contributed by atoms with Gasteiger partial charge in [0.15, 0.2) is 12.6 Å². The molecule has 11 N–H and O–H groups in total. The number of aliphatic hydroxyl groups is 11. The average Bonchev–Trinajstić information content (AvgIpc) is 2.83. The van der Waals surface area contributed by atoms with E-state index in [1.54, 1.807) is 0 Å². The third-order valence-corrected chi connectivity index (χ3v) is 6.18. The zero-order valence-corrected chi connectivity index (χ0v) is 17.8. The van der Waals surface area contributed by atoms with Crippen molar-refractivity contribution in [2.24, 2.45) is 0 Å². The Morgan fingerprint density at radius 2 is 1.41 bits per heavy atom. The molecule has 3 fully saturated rings. The summed E-state index contributed by atoms with van der Waals surface area (Å²) in [5.41, 5.74) is 0. The zero-order chi connectivity index (χ0) is 25.4. The van der Waals surface area contributed by atoms with Gasteiger partial charge in [0.05, 0.1) is 19.8 Å². The average molecular weight is 504 g/mol. The first-order valence-corrected chi connectivity index (χ1v) is 10.6. The SMILES string of the molecule is OC[C@H]1O[C@@H](O)[C@H](O)[C@@H](O[C@@H]2O[C@H](CO[C@]3(CO)OC[C@@H](O)[C@@H](O)[C@@H]3O)[C@@H](O)[C@H](O)[C@H]2O)[C@@H]1O. The van der Waals surface area contributed by atoms with Gasteiger partial charge in [-0.1, -0.05) is 0 Å². The van der Waals surface area contributed by atoms with Crippen LogP contribution in [0.5, 0.6) is 0 Å². The highest BCUT2D eigenvalue weighted by Crippen LogP contribution is 2.31. The molecule has 0 radical (unpaired) electrons. The van der Waals surface area contributed by atoms with Crippen molar-refractivity contribution in [3.05, 3.63) is 0 Å². The smallest absolute Gasteiger partial charge is 0.221 e. The third kappa shape index (κ3) is 5.23. The second-order valence-electron chi connectivity index (χ2n) is 8.44. The Morgan fingerprint density at radius 3 is 2.03 bits per heavy atom. The molecule has 0 aromatic carbocycles. The Bertz CT molecular complexity index is 655. The van der Waals surface area contributed by atoms with Gasteiger partial charge in [-0.25, -0.2) is 0 Å². The minimum atomic E-state index is -2.22. The summed E-state index contributed by atoms with van der Waals surface area (Å²) in [5, 5.41) is 110. The zero-order valence-electron chi connectivity index (χ0n) is 17.8. The normalized spacial score (nSPS) is 52.5. The summed E-state index contributed by atoms with van der Waals surface area (Å²) in [4.78, 5) is 0. The predicted molar refractivity (Wildman–Crippen MR) is 101 cm³/mol. The molecule has 3 aliphatic rings. The topological polar surface area (TPSA) is 269 Å². The van der Waals surface area contributed by atoms with E-state index in [4.69, 9.17) is 23.7 Å². The van der Waals surface area contributed by atoms with Crippen LogP contribution in [0.3, 0.4) is 0 Å². The lowest BCUT2D eigenvalue weighted by molar-refractivity contribution is -0.377. The first-order chi connectivity index (χ1) is 16.0. The van der Waals surface area contributed by atoms with Crippen molar-refractivity contribution in [1.29, 1.82) is 0 Å². The molecule has 16 nitrogen and oxygen atoms in total. The van der Waals surface area contributed by atoms with Crippen LogP contribution in [0.15, 0.2) is 0 Å². The monoisotopic (exact) mass is 504 g/mol. The molecule has 0 aromatic rings. The molecular weight excluding hydrogens is 472 g/mol. The summed E-state index contributed by atoms with van der Waals surface area (Å²) in [6.45, 7) is -2.94.